The maximum atomic E-state index is 13.4. The van der Waals surface area contributed by atoms with Crippen LogP contribution in [0, 0.1) is 18.3 Å². The van der Waals surface area contributed by atoms with Crippen LogP contribution in [-0.4, -0.2) is 60.5 Å². The number of aromatic nitrogens is 2. The third-order valence-electron chi connectivity index (χ3n) is 5.72. The molecule has 1 N–H and O–H groups in total. The third-order valence-corrected chi connectivity index (χ3v) is 7.67. The first-order valence-corrected chi connectivity index (χ1v) is 10.2. The van der Waals surface area contributed by atoms with E-state index in [4.69, 9.17) is 4.74 Å². The number of hydrogen-bond acceptors (Lipinski definition) is 5. The first kappa shape index (κ1) is 17.7. The SMILES string of the molecule is Cc1ccc(-n2cccn2)cc1S(=O)(=O)N1C[C@@H]2COCC[C@]2(CO)C1. The van der Waals surface area contributed by atoms with E-state index in [2.05, 4.69) is 5.10 Å². The smallest absolute Gasteiger partial charge is 0.243 e. The average molecular weight is 377 g/mol. The summed E-state index contributed by atoms with van der Waals surface area (Å²) in [5.74, 6) is 0.0330. The maximum absolute atomic E-state index is 13.4. The number of ether oxygens (including phenoxy) is 1. The second kappa shape index (κ2) is 6.45. The van der Waals surface area contributed by atoms with Crippen molar-refractivity contribution in [1.82, 2.24) is 14.1 Å². The monoisotopic (exact) mass is 377 g/mol. The molecule has 4 rings (SSSR count). The highest BCUT2D eigenvalue weighted by Gasteiger charge is 2.51. The molecule has 0 bridgehead atoms. The Morgan fingerprint density at radius 1 is 1.42 bits per heavy atom. The van der Waals surface area contributed by atoms with Gasteiger partial charge in [-0.2, -0.15) is 9.40 Å². The molecule has 0 amide bonds. The van der Waals surface area contributed by atoms with Gasteiger partial charge in [0, 0.05) is 43.4 Å². The average Bonchev–Trinajstić information content (AvgIpc) is 3.30. The van der Waals surface area contributed by atoms with Gasteiger partial charge >= 0.3 is 0 Å². The fourth-order valence-corrected chi connectivity index (χ4v) is 5.84. The van der Waals surface area contributed by atoms with Crippen LogP contribution in [0.3, 0.4) is 0 Å². The molecule has 140 valence electrons. The molecule has 8 heteroatoms. The van der Waals surface area contributed by atoms with E-state index in [0.29, 0.717) is 44.0 Å². The summed E-state index contributed by atoms with van der Waals surface area (Å²) in [6.45, 7) is 3.57. The Morgan fingerprint density at radius 2 is 2.27 bits per heavy atom. The number of nitrogens with zero attached hydrogens (tertiary/aromatic N) is 3. The van der Waals surface area contributed by atoms with Crippen molar-refractivity contribution in [3.8, 4) is 5.69 Å². The van der Waals surface area contributed by atoms with Gasteiger partial charge in [-0.25, -0.2) is 13.1 Å². The van der Waals surface area contributed by atoms with Crippen LogP contribution in [-0.2, 0) is 14.8 Å². The standard InChI is InChI=1S/C18H23N3O4S/c1-14-3-4-16(21-7-2-6-19-21)9-17(14)26(23,24)20-10-15-11-25-8-5-18(15,12-20)13-22/h2-4,6-7,9,15,22H,5,8,10-13H2,1H3/t15-,18-/m1/s1. The van der Waals surface area contributed by atoms with Gasteiger partial charge in [-0.1, -0.05) is 6.07 Å². The predicted octanol–water partition coefficient (Wildman–Crippen LogP) is 1.20. The van der Waals surface area contributed by atoms with Gasteiger partial charge in [0.15, 0.2) is 0 Å². The minimum absolute atomic E-state index is 0.0145. The quantitative estimate of drug-likeness (QED) is 0.865. The molecule has 2 aliphatic rings. The molecule has 0 unspecified atom stereocenters. The highest BCUT2D eigenvalue weighted by Crippen LogP contribution is 2.43. The lowest BCUT2D eigenvalue weighted by atomic mass is 9.75. The van der Waals surface area contributed by atoms with E-state index in [9.17, 15) is 13.5 Å². The number of benzene rings is 1. The maximum Gasteiger partial charge on any atom is 0.243 e. The van der Waals surface area contributed by atoms with Crippen molar-refractivity contribution in [1.29, 1.82) is 0 Å². The molecule has 7 nitrogen and oxygen atoms in total. The van der Waals surface area contributed by atoms with Crippen LogP contribution in [0.25, 0.3) is 5.69 Å². The van der Waals surface area contributed by atoms with Crippen molar-refractivity contribution in [2.24, 2.45) is 11.3 Å². The van der Waals surface area contributed by atoms with Crippen molar-refractivity contribution in [2.75, 3.05) is 32.9 Å². The van der Waals surface area contributed by atoms with Gasteiger partial charge in [0.1, 0.15) is 0 Å². The molecular formula is C18H23N3O4S. The van der Waals surface area contributed by atoms with Crippen molar-refractivity contribution in [3.05, 3.63) is 42.2 Å². The summed E-state index contributed by atoms with van der Waals surface area (Å²) in [7, 11) is -3.66. The minimum Gasteiger partial charge on any atom is -0.396 e. The van der Waals surface area contributed by atoms with E-state index in [0.717, 1.165) is 0 Å². The van der Waals surface area contributed by atoms with Crippen molar-refractivity contribution < 1.29 is 18.3 Å². The number of aliphatic hydroxyl groups is 1. The molecule has 0 saturated carbocycles. The number of fused-ring (bicyclic) bond motifs is 1. The van der Waals surface area contributed by atoms with E-state index < -0.39 is 15.4 Å². The van der Waals surface area contributed by atoms with Crippen molar-refractivity contribution in [3.63, 3.8) is 0 Å². The normalized spacial score (nSPS) is 26.8. The van der Waals surface area contributed by atoms with Gasteiger partial charge in [0.05, 0.1) is 23.8 Å². The molecule has 1 aromatic carbocycles. The molecule has 2 atom stereocenters. The Balaban J connectivity index is 1.70. The predicted molar refractivity (Wildman–Crippen MR) is 95.5 cm³/mol. The van der Waals surface area contributed by atoms with Gasteiger partial charge in [-0.15, -0.1) is 0 Å². The Bertz CT molecular complexity index is 897. The second-order valence-electron chi connectivity index (χ2n) is 7.24. The van der Waals surface area contributed by atoms with Crippen molar-refractivity contribution in [2.45, 2.75) is 18.2 Å². The fraction of sp³-hybridized carbons (Fsp3) is 0.500. The Kier molecular flexibility index (Phi) is 4.38. The van der Waals surface area contributed by atoms with Gasteiger partial charge in [-0.3, -0.25) is 0 Å². The molecule has 2 aliphatic heterocycles. The molecule has 0 radical (unpaired) electrons. The molecule has 26 heavy (non-hydrogen) atoms. The molecular weight excluding hydrogens is 354 g/mol. The number of sulfonamides is 1. The van der Waals surface area contributed by atoms with Gasteiger partial charge < -0.3 is 9.84 Å². The Hall–Kier alpha value is -1.74. The molecule has 2 saturated heterocycles. The van der Waals surface area contributed by atoms with Crippen LogP contribution < -0.4 is 0 Å². The van der Waals surface area contributed by atoms with E-state index in [1.807, 2.05) is 6.07 Å². The number of aryl methyl sites for hydroxylation is 1. The van der Waals surface area contributed by atoms with Crippen LogP contribution in [0.1, 0.15) is 12.0 Å². The molecule has 0 spiro atoms. The molecule has 0 aliphatic carbocycles. The fourth-order valence-electron chi connectivity index (χ4n) is 4.01. The summed E-state index contributed by atoms with van der Waals surface area (Å²) in [4.78, 5) is 0.290. The summed E-state index contributed by atoms with van der Waals surface area (Å²) < 4.78 is 35.4. The molecule has 2 fully saturated rings. The minimum atomic E-state index is -3.66. The van der Waals surface area contributed by atoms with Crippen LogP contribution in [0.15, 0.2) is 41.6 Å². The summed E-state index contributed by atoms with van der Waals surface area (Å²) >= 11 is 0. The zero-order valence-electron chi connectivity index (χ0n) is 14.7. The van der Waals surface area contributed by atoms with Crippen LogP contribution in [0.2, 0.25) is 0 Å². The largest absolute Gasteiger partial charge is 0.396 e. The summed E-state index contributed by atoms with van der Waals surface area (Å²) in [5.41, 5.74) is 1.01. The zero-order chi connectivity index (χ0) is 18.4. The van der Waals surface area contributed by atoms with E-state index in [-0.39, 0.29) is 17.4 Å². The van der Waals surface area contributed by atoms with Gasteiger partial charge in [0.25, 0.3) is 0 Å². The number of rotatable bonds is 4. The molecule has 3 heterocycles. The van der Waals surface area contributed by atoms with Crippen LogP contribution in [0.4, 0.5) is 0 Å². The van der Waals surface area contributed by atoms with Gasteiger partial charge in [0.2, 0.25) is 10.0 Å². The van der Waals surface area contributed by atoms with Crippen molar-refractivity contribution >= 4 is 10.0 Å². The van der Waals surface area contributed by atoms with Crippen LogP contribution >= 0.6 is 0 Å². The number of hydrogen-bond donors (Lipinski definition) is 1. The van der Waals surface area contributed by atoms with E-state index in [1.54, 1.807) is 42.2 Å². The summed E-state index contributed by atoms with van der Waals surface area (Å²) in [6.07, 6.45) is 4.13. The Labute approximate surface area is 153 Å². The molecule has 1 aromatic heterocycles. The summed E-state index contributed by atoms with van der Waals surface area (Å²) in [6, 6.07) is 7.12. The zero-order valence-corrected chi connectivity index (χ0v) is 15.5. The second-order valence-corrected chi connectivity index (χ2v) is 9.15. The lowest BCUT2D eigenvalue weighted by Crippen LogP contribution is -2.41. The van der Waals surface area contributed by atoms with E-state index >= 15 is 0 Å². The van der Waals surface area contributed by atoms with Crippen LogP contribution in [0.5, 0.6) is 0 Å². The molecule has 2 aromatic rings. The van der Waals surface area contributed by atoms with E-state index in [1.165, 1.54) is 4.31 Å². The summed E-state index contributed by atoms with van der Waals surface area (Å²) in [5, 5.41) is 14.1. The lowest BCUT2D eigenvalue weighted by molar-refractivity contribution is -0.0414. The topological polar surface area (TPSA) is 84.7 Å². The highest BCUT2D eigenvalue weighted by atomic mass is 32.2. The first-order valence-electron chi connectivity index (χ1n) is 8.76. The Morgan fingerprint density at radius 3 is 2.96 bits per heavy atom. The third kappa shape index (κ3) is 2.77. The number of aliphatic hydroxyl groups excluding tert-OH is 1. The lowest BCUT2D eigenvalue weighted by Gasteiger charge is -2.36. The van der Waals surface area contributed by atoms with Gasteiger partial charge in [-0.05, 0) is 37.1 Å². The first-order chi connectivity index (χ1) is 12.5. The highest BCUT2D eigenvalue weighted by molar-refractivity contribution is 7.89.